The molecule has 1 aromatic rings. The summed E-state index contributed by atoms with van der Waals surface area (Å²) in [5.41, 5.74) is 0.299. The minimum absolute atomic E-state index is 0.0153. The van der Waals surface area contributed by atoms with E-state index in [4.69, 9.17) is 5.11 Å². The van der Waals surface area contributed by atoms with Gasteiger partial charge in [-0.2, -0.15) is 0 Å². The average Bonchev–Trinajstić information content (AvgIpc) is 3.16. The van der Waals surface area contributed by atoms with Crippen molar-refractivity contribution in [3.63, 3.8) is 0 Å². The zero-order chi connectivity index (χ0) is 14.9. The Morgan fingerprint density at radius 1 is 1.50 bits per heavy atom. The normalized spacial score (nSPS) is 24.5. The Labute approximate surface area is 118 Å². The lowest BCUT2D eigenvalue weighted by atomic mass is 9.88. The largest absolute Gasteiger partial charge is 0.481 e. The maximum atomic E-state index is 12.4. The number of aliphatic carboxylic acids is 1. The molecule has 0 aliphatic heterocycles. The van der Waals surface area contributed by atoms with E-state index in [1.54, 1.807) is 12.3 Å². The smallest absolute Gasteiger partial charge is 0.307 e. The van der Waals surface area contributed by atoms with Gasteiger partial charge in [0.1, 0.15) is 5.82 Å². The molecule has 20 heavy (non-hydrogen) atoms. The predicted molar refractivity (Wildman–Crippen MR) is 75.3 cm³/mol. The number of nitrogens with one attached hydrogen (secondary N) is 1. The standard InChI is InChI=1S/C15H20N2O3/c1-4-10-5-6-12(16-8-10)17-14(20)15(9(2)3)7-11(15)13(18)19/h5-6,8-9,11H,4,7H2,1-3H3,(H,18,19)(H,16,17,20)/t11-,15+/m1/s1. The topological polar surface area (TPSA) is 79.3 Å². The van der Waals surface area contributed by atoms with Gasteiger partial charge in [-0.25, -0.2) is 4.98 Å². The first-order chi connectivity index (χ1) is 9.41. The van der Waals surface area contributed by atoms with E-state index in [0.717, 1.165) is 12.0 Å². The molecule has 1 aliphatic carbocycles. The molecule has 2 rings (SSSR count). The van der Waals surface area contributed by atoms with Gasteiger partial charge in [0.25, 0.3) is 0 Å². The van der Waals surface area contributed by atoms with Crippen LogP contribution in [0.3, 0.4) is 0 Å². The van der Waals surface area contributed by atoms with Crippen LogP contribution in [0, 0.1) is 17.3 Å². The molecule has 2 atom stereocenters. The summed E-state index contributed by atoms with van der Waals surface area (Å²) in [6.07, 6.45) is 3.01. The van der Waals surface area contributed by atoms with Crippen LogP contribution in [0.1, 0.15) is 32.8 Å². The average molecular weight is 276 g/mol. The fourth-order valence-corrected chi connectivity index (χ4v) is 2.68. The Balaban J connectivity index is 2.12. The van der Waals surface area contributed by atoms with Gasteiger partial charge in [-0.05, 0) is 30.4 Å². The molecule has 5 heteroatoms. The summed E-state index contributed by atoms with van der Waals surface area (Å²) >= 11 is 0. The molecule has 1 saturated carbocycles. The molecule has 1 aliphatic rings. The van der Waals surface area contributed by atoms with E-state index in [-0.39, 0.29) is 11.8 Å². The van der Waals surface area contributed by atoms with Crippen LogP contribution in [-0.4, -0.2) is 22.0 Å². The van der Waals surface area contributed by atoms with E-state index >= 15 is 0 Å². The number of carbonyl (C=O) groups excluding carboxylic acids is 1. The minimum Gasteiger partial charge on any atom is -0.481 e. The Kier molecular flexibility index (Phi) is 3.79. The first-order valence-corrected chi connectivity index (χ1v) is 6.91. The molecular weight excluding hydrogens is 256 g/mol. The number of nitrogens with zero attached hydrogens (tertiary/aromatic N) is 1. The number of carboxylic acids is 1. The van der Waals surface area contributed by atoms with E-state index in [1.165, 1.54) is 0 Å². The van der Waals surface area contributed by atoms with Crippen LogP contribution in [0.5, 0.6) is 0 Å². The summed E-state index contributed by atoms with van der Waals surface area (Å²) in [6, 6.07) is 3.66. The van der Waals surface area contributed by atoms with Crippen LogP contribution < -0.4 is 5.32 Å². The van der Waals surface area contributed by atoms with E-state index in [2.05, 4.69) is 10.3 Å². The molecule has 108 valence electrons. The maximum Gasteiger partial charge on any atom is 0.307 e. The van der Waals surface area contributed by atoms with Crippen molar-refractivity contribution >= 4 is 17.7 Å². The summed E-state index contributed by atoms with van der Waals surface area (Å²) in [5.74, 6) is -1.26. The van der Waals surface area contributed by atoms with Crippen molar-refractivity contribution in [1.82, 2.24) is 4.98 Å². The van der Waals surface area contributed by atoms with Gasteiger partial charge in [-0.3, -0.25) is 9.59 Å². The third kappa shape index (κ3) is 2.40. The van der Waals surface area contributed by atoms with E-state index in [0.29, 0.717) is 12.2 Å². The van der Waals surface area contributed by atoms with Crippen LogP contribution in [-0.2, 0) is 16.0 Å². The van der Waals surface area contributed by atoms with Gasteiger partial charge < -0.3 is 10.4 Å². The third-order valence-electron chi connectivity index (χ3n) is 4.23. The molecule has 1 fully saturated rings. The fraction of sp³-hybridized carbons (Fsp3) is 0.533. The summed E-state index contributed by atoms with van der Waals surface area (Å²) in [7, 11) is 0. The van der Waals surface area contributed by atoms with Crippen LogP contribution in [0.15, 0.2) is 18.3 Å². The second kappa shape index (κ2) is 5.23. The van der Waals surface area contributed by atoms with Gasteiger partial charge in [0.05, 0.1) is 11.3 Å². The minimum atomic E-state index is -0.900. The second-order valence-corrected chi connectivity index (χ2v) is 5.65. The molecule has 0 saturated heterocycles. The van der Waals surface area contributed by atoms with Crippen molar-refractivity contribution in [2.24, 2.45) is 17.3 Å². The quantitative estimate of drug-likeness (QED) is 0.865. The highest BCUT2D eigenvalue weighted by atomic mass is 16.4. The number of hydrogen-bond acceptors (Lipinski definition) is 3. The molecule has 1 heterocycles. The third-order valence-corrected chi connectivity index (χ3v) is 4.23. The molecule has 1 aromatic heterocycles. The van der Waals surface area contributed by atoms with Gasteiger partial charge in [0.2, 0.25) is 5.91 Å². The molecular formula is C15H20N2O3. The van der Waals surface area contributed by atoms with Crippen molar-refractivity contribution in [3.05, 3.63) is 23.9 Å². The second-order valence-electron chi connectivity index (χ2n) is 5.65. The Hall–Kier alpha value is -1.91. The number of amides is 1. The number of rotatable bonds is 5. The first-order valence-electron chi connectivity index (χ1n) is 6.91. The summed E-state index contributed by atoms with van der Waals surface area (Å²) in [6.45, 7) is 5.80. The maximum absolute atomic E-state index is 12.4. The number of pyridine rings is 1. The lowest BCUT2D eigenvalue weighted by Crippen LogP contribution is -2.32. The van der Waals surface area contributed by atoms with Crippen molar-refractivity contribution in [2.75, 3.05) is 5.32 Å². The number of aromatic nitrogens is 1. The van der Waals surface area contributed by atoms with Crippen LogP contribution in [0.25, 0.3) is 0 Å². The molecule has 5 nitrogen and oxygen atoms in total. The zero-order valence-corrected chi connectivity index (χ0v) is 12.0. The Morgan fingerprint density at radius 3 is 2.60 bits per heavy atom. The van der Waals surface area contributed by atoms with Gasteiger partial charge >= 0.3 is 5.97 Å². The van der Waals surface area contributed by atoms with Gasteiger partial charge in [0, 0.05) is 6.20 Å². The highest BCUT2D eigenvalue weighted by molar-refractivity contribution is 6.01. The van der Waals surface area contributed by atoms with Crippen molar-refractivity contribution < 1.29 is 14.7 Å². The highest BCUT2D eigenvalue weighted by Crippen LogP contribution is 2.58. The van der Waals surface area contributed by atoms with Crippen molar-refractivity contribution in [2.45, 2.75) is 33.6 Å². The number of carbonyl (C=O) groups is 2. The molecule has 0 radical (unpaired) electrons. The number of anilines is 1. The lowest BCUT2D eigenvalue weighted by Gasteiger charge is -2.19. The van der Waals surface area contributed by atoms with Gasteiger partial charge in [-0.1, -0.05) is 26.8 Å². The lowest BCUT2D eigenvalue weighted by molar-refractivity contribution is -0.141. The molecule has 0 spiro atoms. The van der Waals surface area contributed by atoms with Gasteiger partial charge in [-0.15, -0.1) is 0 Å². The Morgan fingerprint density at radius 2 is 2.20 bits per heavy atom. The SMILES string of the molecule is CCc1ccc(NC(=O)[C@]2(C(C)C)C[C@@H]2C(=O)O)nc1. The highest BCUT2D eigenvalue weighted by Gasteiger charge is 2.65. The number of hydrogen-bond donors (Lipinski definition) is 2. The van der Waals surface area contributed by atoms with Crippen LogP contribution in [0.4, 0.5) is 5.82 Å². The molecule has 0 aromatic carbocycles. The molecule has 0 bridgehead atoms. The summed E-state index contributed by atoms with van der Waals surface area (Å²) < 4.78 is 0. The first kappa shape index (κ1) is 14.5. The van der Waals surface area contributed by atoms with Gasteiger partial charge in [0.15, 0.2) is 0 Å². The summed E-state index contributed by atoms with van der Waals surface area (Å²) in [5, 5.41) is 11.9. The van der Waals surface area contributed by atoms with E-state index in [1.807, 2.05) is 26.8 Å². The fourth-order valence-electron chi connectivity index (χ4n) is 2.68. The molecule has 2 N–H and O–H groups in total. The molecule has 0 unspecified atom stereocenters. The number of carboxylic acid groups (broad SMARTS) is 1. The molecule has 1 amide bonds. The van der Waals surface area contributed by atoms with Crippen LogP contribution in [0.2, 0.25) is 0 Å². The summed E-state index contributed by atoms with van der Waals surface area (Å²) in [4.78, 5) is 27.7. The van der Waals surface area contributed by atoms with E-state index < -0.39 is 17.3 Å². The number of aryl methyl sites for hydroxylation is 1. The van der Waals surface area contributed by atoms with E-state index in [9.17, 15) is 9.59 Å². The van der Waals surface area contributed by atoms with Crippen LogP contribution >= 0.6 is 0 Å². The monoisotopic (exact) mass is 276 g/mol. The van der Waals surface area contributed by atoms with Crippen molar-refractivity contribution in [3.8, 4) is 0 Å². The zero-order valence-electron chi connectivity index (χ0n) is 12.0. The van der Waals surface area contributed by atoms with Crippen molar-refractivity contribution in [1.29, 1.82) is 0 Å². The predicted octanol–water partition coefficient (Wildman–Crippen LogP) is 2.33. The Bertz CT molecular complexity index is 524.